The van der Waals surface area contributed by atoms with Crippen molar-refractivity contribution in [2.45, 2.75) is 59.2 Å². The SMILES string of the molecule is CC[C@@H](C)NC(=O)[C@H](Cc1ccccc1)N(Cc1cccc(C)c1)C(=O)CN(c1cc(C)ccc1OC)S(C)(=O)=O. The van der Waals surface area contributed by atoms with Gasteiger partial charge in [0.1, 0.15) is 18.3 Å². The van der Waals surface area contributed by atoms with E-state index in [0.29, 0.717) is 5.75 Å². The van der Waals surface area contributed by atoms with Crippen molar-refractivity contribution in [2.75, 3.05) is 24.2 Å². The molecule has 0 aromatic heterocycles. The highest BCUT2D eigenvalue weighted by molar-refractivity contribution is 7.92. The molecule has 0 aliphatic heterocycles. The molecular weight excluding hydrogens is 538 g/mol. The van der Waals surface area contributed by atoms with E-state index >= 15 is 0 Å². The number of hydrogen-bond donors (Lipinski definition) is 1. The number of amides is 2. The second-order valence-corrected chi connectivity index (χ2v) is 12.4. The number of sulfonamides is 1. The van der Waals surface area contributed by atoms with Crippen LogP contribution in [0.4, 0.5) is 5.69 Å². The van der Waals surface area contributed by atoms with Gasteiger partial charge in [-0.3, -0.25) is 13.9 Å². The maximum atomic E-state index is 14.2. The Morgan fingerprint density at radius 2 is 1.59 bits per heavy atom. The number of ether oxygens (including phenoxy) is 1. The van der Waals surface area contributed by atoms with Crippen LogP contribution in [-0.2, 0) is 32.6 Å². The largest absolute Gasteiger partial charge is 0.495 e. The molecule has 0 fully saturated rings. The van der Waals surface area contributed by atoms with Crippen molar-refractivity contribution in [1.82, 2.24) is 10.2 Å². The molecule has 9 heteroatoms. The smallest absolute Gasteiger partial charge is 0.244 e. The Balaban J connectivity index is 2.10. The Hall–Kier alpha value is -3.85. The number of nitrogens with one attached hydrogen (secondary N) is 1. The van der Waals surface area contributed by atoms with Crippen molar-refractivity contribution < 1.29 is 22.7 Å². The topological polar surface area (TPSA) is 96.0 Å². The molecule has 1 N–H and O–H groups in total. The minimum absolute atomic E-state index is 0.0965. The number of anilines is 1. The van der Waals surface area contributed by atoms with Gasteiger partial charge in [-0.15, -0.1) is 0 Å². The van der Waals surface area contributed by atoms with Crippen molar-refractivity contribution in [2.24, 2.45) is 0 Å². The van der Waals surface area contributed by atoms with Gasteiger partial charge in [0.15, 0.2) is 0 Å². The van der Waals surface area contributed by atoms with Crippen molar-refractivity contribution in [3.63, 3.8) is 0 Å². The van der Waals surface area contributed by atoms with Crippen LogP contribution in [0.2, 0.25) is 0 Å². The first-order valence-corrected chi connectivity index (χ1v) is 15.6. The summed E-state index contributed by atoms with van der Waals surface area (Å²) < 4.78 is 32.6. The van der Waals surface area contributed by atoms with E-state index in [1.165, 1.54) is 12.0 Å². The molecule has 0 saturated heterocycles. The lowest BCUT2D eigenvalue weighted by atomic mass is 10.0. The first kappa shape index (κ1) is 31.7. The third-order valence-corrected chi connectivity index (χ3v) is 8.12. The van der Waals surface area contributed by atoms with Crippen molar-refractivity contribution >= 4 is 27.5 Å². The van der Waals surface area contributed by atoms with E-state index in [1.54, 1.807) is 12.1 Å². The van der Waals surface area contributed by atoms with E-state index < -0.39 is 28.5 Å². The molecule has 0 bridgehead atoms. The number of rotatable bonds is 13. The zero-order valence-electron chi connectivity index (χ0n) is 24.8. The molecular formula is C32H41N3O5S. The van der Waals surface area contributed by atoms with Crippen LogP contribution in [-0.4, -0.2) is 57.1 Å². The van der Waals surface area contributed by atoms with Gasteiger partial charge in [0, 0.05) is 19.0 Å². The fourth-order valence-corrected chi connectivity index (χ4v) is 5.44. The van der Waals surface area contributed by atoms with E-state index in [2.05, 4.69) is 5.32 Å². The molecule has 3 aromatic rings. The standard InChI is InChI=1S/C32H41N3O5S/c1-7-25(4)33-32(37)29(20-26-13-9-8-10-14-26)34(21-27-15-11-12-23(2)18-27)31(36)22-35(41(6,38)39)28-19-24(3)16-17-30(28)40-5/h8-19,25,29H,7,20-22H2,1-6H3,(H,33,37)/t25-,29+/m1/s1. The number of aryl methyl sites for hydroxylation is 2. The molecule has 0 unspecified atom stereocenters. The van der Waals surface area contributed by atoms with E-state index in [1.807, 2.05) is 88.4 Å². The van der Waals surface area contributed by atoms with Crippen LogP contribution in [0.3, 0.4) is 0 Å². The summed E-state index contributed by atoms with van der Waals surface area (Å²) in [7, 11) is -2.44. The highest BCUT2D eigenvalue weighted by atomic mass is 32.2. The number of carbonyl (C=O) groups excluding carboxylic acids is 2. The predicted molar refractivity (Wildman–Crippen MR) is 163 cm³/mol. The Kier molecular flexibility index (Phi) is 10.9. The summed E-state index contributed by atoms with van der Waals surface area (Å²) in [5.41, 5.74) is 3.82. The maximum Gasteiger partial charge on any atom is 0.244 e. The average molecular weight is 580 g/mol. The summed E-state index contributed by atoms with van der Waals surface area (Å²) >= 11 is 0. The van der Waals surface area contributed by atoms with Crippen LogP contribution in [0, 0.1) is 13.8 Å². The lowest BCUT2D eigenvalue weighted by molar-refractivity contribution is -0.140. The third kappa shape index (κ3) is 8.82. The molecule has 0 spiro atoms. The number of nitrogens with zero attached hydrogens (tertiary/aromatic N) is 2. The van der Waals surface area contributed by atoms with Gasteiger partial charge >= 0.3 is 0 Å². The Morgan fingerprint density at radius 3 is 2.20 bits per heavy atom. The summed E-state index contributed by atoms with van der Waals surface area (Å²) in [4.78, 5) is 29.5. The Bertz CT molecular complexity index is 1440. The second kappa shape index (κ2) is 14.2. The van der Waals surface area contributed by atoms with Crippen molar-refractivity contribution in [1.29, 1.82) is 0 Å². The maximum absolute atomic E-state index is 14.2. The molecule has 0 radical (unpaired) electrons. The molecule has 0 aliphatic rings. The van der Waals surface area contributed by atoms with Gasteiger partial charge < -0.3 is 15.0 Å². The minimum atomic E-state index is -3.90. The van der Waals surface area contributed by atoms with E-state index in [4.69, 9.17) is 4.74 Å². The third-order valence-electron chi connectivity index (χ3n) is 6.99. The summed E-state index contributed by atoms with van der Waals surface area (Å²) in [6.07, 6.45) is 2.06. The van der Waals surface area contributed by atoms with Crippen molar-refractivity contribution in [3.05, 3.63) is 95.1 Å². The minimum Gasteiger partial charge on any atom is -0.495 e. The van der Waals surface area contributed by atoms with Gasteiger partial charge in [-0.05, 0) is 56.0 Å². The summed E-state index contributed by atoms with van der Waals surface area (Å²) in [6.45, 7) is 7.33. The zero-order valence-corrected chi connectivity index (χ0v) is 25.6. The number of hydrogen-bond acceptors (Lipinski definition) is 5. The first-order chi connectivity index (χ1) is 19.4. The summed E-state index contributed by atoms with van der Waals surface area (Å²) in [5.74, 6) is -0.460. The molecule has 3 rings (SSSR count). The predicted octanol–water partition coefficient (Wildman–Crippen LogP) is 4.63. The van der Waals surface area contributed by atoms with Gasteiger partial charge in [0.05, 0.1) is 19.1 Å². The van der Waals surface area contributed by atoms with Gasteiger partial charge in [0.25, 0.3) is 0 Å². The van der Waals surface area contributed by atoms with Crippen LogP contribution in [0.25, 0.3) is 0 Å². The molecule has 41 heavy (non-hydrogen) atoms. The number of carbonyl (C=O) groups is 2. The van der Waals surface area contributed by atoms with Crippen LogP contribution in [0.1, 0.15) is 42.5 Å². The first-order valence-electron chi connectivity index (χ1n) is 13.7. The average Bonchev–Trinajstić information content (AvgIpc) is 2.93. The molecule has 2 atom stereocenters. The lowest BCUT2D eigenvalue weighted by Crippen LogP contribution is -2.54. The van der Waals surface area contributed by atoms with Crippen LogP contribution in [0.5, 0.6) is 5.75 Å². The highest BCUT2D eigenvalue weighted by Crippen LogP contribution is 2.31. The number of methoxy groups -OCH3 is 1. The normalized spacial score (nSPS) is 12.7. The van der Waals surface area contributed by atoms with Crippen LogP contribution >= 0.6 is 0 Å². The lowest BCUT2D eigenvalue weighted by Gasteiger charge is -2.34. The molecule has 3 aromatic carbocycles. The zero-order chi connectivity index (χ0) is 30.2. The highest BCUT2D eigenvalue weighted by Gasteiger charge is 2.34. The van der Waals surface area contributed by atoms with Gasteiger partial charge in [-0.2, -0.15) is 0 Å². The van der Waals surface area contributed by atoms with Gasteiger partial charge in [-0.25, -0.2) is 8.42 Å². The molecule has 0 saturated carbocycles. The second-order valence-electron chi connectivity index (χ2n) is 10.5. The quantitative estimate of drug-likeness (QED) is 0.319. The summed E-state index contributed by atoms with van der Waals surface area (Å²) in [6, 6.07) is 21.4. The molecule has 0 heterocycles. The summed E-state index contributed by atoms with van der Waals surface area (Å²) in [5, 5.41) is 3.04. The fraction of sp³-hybridized carbons (Fsp3) is 0.375. The van der Waals surface area contributed by atoms with E-state index in [9.17, 15) is 18.0 Å². The van der Waals surface area contributed by atoms with Gasteiger partial charge in [-0.1, -0.05) is 73.2 Å². The number of benzene rings is 3. The Labute approximate surface area is 244 Å². The van der Waals surface area contributed by atoms with Gasteiger partial charge in [0.2, 0.25) is 21.8 Å². The molecule has 8 nitrogen and oxygen atoms in total. The monoisotopic (exact) mass is 579 g/mol. The fourth-order valence-electron chi connectivity index (χ4n) is 4.59. The van der Waals surface area contributed by atoms with Crippen LogP contribution < -0.4 is 14.4 Å². The van der Waals surface area contributed by atoms with E-state index in [-0.39, 0.29) is 30.6 Å². The Morgan fingerprint density at radius 1 is 0.927 bits per heavy atom. The van der Waals surface area contributed by atoms with Crippen LogP contribution in [0.15, 0.2) is 72.8 Å². The van der Waals surface area contributed by atoms with Crippen molar-refractivity contribution in [3.8, 4) is 5.75 Å². The molecule has 0 aliphatic carbocycles. The molecule has 2 amide bonds. The van der Waals surface area contributed by atoms with E-state index in [0.717, 1.165) is 39.2 Å². The molecule has 220 valence electrons.